The molecule has 0 aliphatic rings. The predicted octanol–water partition coefficient (Wildman–Crippen LogP) is -7.58. The van der Waals surface area contributed by atoms with Crippen LogP contribution >= 0.6 is 0 Å². The number of carbonyl (C=O) groups excluding carboxylic acids is 3. The van der Waals surface area contributed by atoms with E-state index in [0.29, 0.717) is 0 Å². The molecule has 0 atom stereocenters. The Labute approximate surface area is 244 Å². The van der Waals surface area contributed by atoms with Crippen LogP contribution in [0.3, 0.4) is 0 Å². The molecule has 0 amide bonds. The van der Waals surface area contributed by atoms with Gasteiger partial charge in [0, 0.05) is 24.8 Å². The Morgan fingerprint density at radius 1 is 0.882 bits per heavy atom. The zero-order valence-electron chi connectivity index (χ0n) is 6.76. The number of aliphatic carboxylic acids is 3. The second-order valence-electron chi connectivity index (χ2n) is 2.42. The minimum atomic E-state index is -2.97. The molecule has 0 heterocycles. The van der Waals surface area contributed by atoms with Crippen molar-refractivity contribution in [2.24, 2.45) is 0 Å². The van der Waals surface area contributed by atoms with E-state index in [4.69, 9.17) is 5.11 Å². The normalized spacial score (nSPS) is 8.29. The van der Waals surface area contributed by atoms with Crippen molar-refractivity contribution in [2.45, 2.75) is 18.4 Å². The molecule has 0 spiro atoms. The summed E-state index contributed by atoms with van der Waals surface area (Å²) < 4.78 is 0. The first kappa shape index (κ1) is 32.9. The molecule has 0 bridgehead atoms. The number of hydrogen-bond donors (Lipinski definition) is 1. The average molecular weight is 518 g/mol. The molecule has 0 aromatic heterocycles. The summed E-state index contributed by atoms with van der Waals surface area (Å²) in [6, 6.07) is 0. The maximum absolute atomic E-state index is 10.1. The first-order valence-corrected chi connectivity index (χ1v) is 3.11. The van der Waals surface area contributed by atoms with Gasteiger partial charge in [-0.05, 0) is 0 Å². The molecule has 7 nitrogen and oxygen atoms in total. The molecular formula is C6H8BiK3O7. The zero-order chi connectivity index (χ0) is 10.6. The first-order chi connectivity index (χ1) is 5.78. The second kappa shape index (κ2) is 16.5. The minimum absolute atomic E-state index is 0. The Morgan fingerprint density at radius 2 is 1.12 bits per heavy atom. The van der Waals surface area contributed by atoms with Gasteiger partial charge in [-0.25, -0.2) is 0 Å². The van der Waals surface area contributed by atoms with E-state index in [-0.39, 0.29) is 180 Å². The molecule has 11 heteroatoms. The van der Waals surface area contributed by atoms with Crippen LogP contribution in [-0.4, -0.2) is 209 Å². The fourth-order valence-corrected chi connectivity index (χ4v) is 0.684. The SMILES string of the molecule is O=C([O-])CC(O)(CC(=O)[O-])C(=O)[O-].[Bi+3].[KH].[KH].[KH]. The standard InChI is InChI=1S/C6H8O7.Bi.3K.3H/c7-3(8)1-6(13,5(11)12)2-4(9)10;;;;;;;/h13H,1-2H2,(H,7,8)(H,9,10)(H,11,12);;;;;;;/q;+3;;;;;;/p-3. The molecule has 82 valence electrons. The van der Waals surface area contributed by atoms with Crippen molar-refractivity contribution < 1.29 is 34.8 Å². The van der Waals surface area contributed by atoms with Crippen LogP contribution in [0.25, 0.3) is 0 Å². The van der Waals surface area contributed by atoms with Gasteiger partial charge in [0.2, 0.25) is 0 Å². The van der Waals surface area contributed by atoms with Gasteiger partial charge in [-0.1, -0.05) is 0 Å². The van der Waals surface area contributed by atoms with E-state index < -0.39 is 36.4 Å². The van der Waals surface area contributed by atoms with Crippen LogP contribution in [0.15, 0.2) is 0 Å². The Morgan fingerprint density at radius 3 is 1.24 bits per heavy atom. The number of carbonyl (C=O) groups is 3. The van der Waals surface area contributed by atoms with E-state index in [1.807, 2.05) is 0 Å². The third-order valence-corrected chi connectivity index (χ3v) is 1.25. The van der Waals surface area contributed by atoms with E-state index in [2.05, 4.69) is 0 Å². The monoisotopic (exact) mass is 518 g/mol. The Hall–Kier alpha value is 4.16. The molecular weight excluding hydrogens is 510 g/mol. The van der Waals surface area contributed by atoms with Crippen molar-refractivity contribution in [1.82, 2.24) is 0 Å². The topological polar surface area (TPSA) is 141 Å². The van der Waals surface area contributed by atoms with Crippen LogP contribution in [0.5, 0.6) is 0 Å². The van der Waals surface area contributed by atoms with Gasteiger partial charge in [0.1, 0.15) is 5.60 Å². The van der Waals surface area contributed by atoms with Gasteiger partial charge in [0.25, 0.3) is 0 Å². The summed E-state index contributed by atoms with van der Waals surface area (Å²) in [6.07, 6.45) is -2.72. The van der Waals surface area contributed by atoms with Crippen molar-refractivity contribution in [3.05, 3.63) is 0 Å². The van der Waals surface area contributed by atoms with E-state index in [1.165, 1.54) is 0 Å². The summed E-state index contributed by atoms with van der Waals surface area (Å²) in [7, 11) is 0. The number of rotatable bonds is 5. The molecule has 0 aromatic carbocycles. The maximum atomic E-state index is 10.1. The van der Waals surface area contributed by atoms with E-state index >= 15 is 0 Å². The van der Waals surface area contributed by atoms with Crippen molar-refractivity contribution in [3.8, 4) is 0 Å². The summed E-state index contributed by atoms with van der Waals surface area (Å²) in [5.41, 5.74) is -2.97. The van der Waals surface area contributed by atoms with Crippen molar-refractivity contribution in [3.63, 3.8) is 0 Å². The van der Waals surface area contributed by atoms with Gasteiger partial charge in [0.15, 0.2) is 0 Å². The molecule has 0 fully saturated rings. The molecule has 0 saturated heterocycles. The fourth-order valence-electron chi connectivity index (χ4n) is 0.684. The van der Waals surface area contributed by atoms with Gasteiger partial charge >= 0.3 is 180 Å². The van der Waals surface area contributed by atoms with Gasteiger partial charge in [-0.15, -0.1) is 0 Å². The number of carboxylic acids is 3. The second-order valence-corrected chi connectivity index (χ2v) is 2.42. The van der Waals surface area contributed by atoms with Crippen LogP contribution in [0, 0.1) is 0 Å². The van der Waals surface area contributed by atoms with Gasteiger partial charge in [-0.3, -0.25) is 0 Å². The first-order valence-electron chi connectivity index (χ1n) is 3.11. The summed E-state index contributed by atoms with van der Waals surface area (Å²) in [4.78, 5) is 30.0. The molecule has 0 unspecified atom stereocenters. The summed E-state index contributed by atoms with van der Waals surface area (Å²) in [5.74, 6) is -5.98. The van der Waals surface area contributed by atoms with Crippen LogP contribution in [0.1, 0.15) is 12.8 Å². The number of hydrogen-bond acceptors (Lipinski definition) is 7. The van der Waals surface area contributed by atoms with E-state index in [0.717, 1.165) is 0 Å². The molecule has 0 saturated carbocycles. The van der Waals surface area contributed by atoms with Crippen LogP contribution in [-0.2, 0) is 14.4 Å². The Bertz CT molecular complexity index is 244. The molecule has 0 rings (SSSR count). The van der Waals surface area contributed by atoms with Crippen LogP contribution in [0.4, 0.5) is 0 Å². The van der Waals surface area contributed by atoms with Gasteiger partial charge in [0.05, 0.1) is 5.97 Å². The summed E-state index contributed by atoms with van der Waals surface area (Å²) >= 11 is 0. The Balaban J connectivity index is -0.000000120. The van der Waals surface area contributed by atoms with Crippen molar-refractivity contribution >= 4 is 198 Å². The zero-order valence-corrected chi connectivity index (χ0v) is 10.2. The van der Waals surface area contributed by atoms with Crippen molar-refractivity contribution in [2.75, 3.05) is 0 Å². The van der Waals surface area contributed by atoms with Crippen molar-refractivity contribution in [1.29, 1.82) is 0 Å². The van der Waals surface area contributed by atoms with Crippen LogP contribution < -0.4 is 15.3 Å². The van der Waals surface area contributed by atoms with E-state index in [1.54, 1.807) is 0 Å². The number of carboxylic acid groups (broad SMARTS) is 3. The van der Waals surface area contributed by atoms with Crippen LogP contribution in [0.2, 0.25) is 0 Å². The predicted molar refractivity (Wildman–Crippen MR) is 56.4 cm³/mol. The Kier molecular flexibility index (Phi) is 32.0. The molecule has 1 N–H and O–H groups in total. The molecule has 0 aliphatic heterocycles. The molecule has 2 radical (unpaired) electrons. The fraction of sp³-hybridized carbons (Fsp3) is 0.500. The van der Waals surface area contributed by atoms with Gasteiger partial charge in [-0.2, -0.15) is 0 Å². The third kappa shape index (κ3) is 16.4. The molecule has 17 heavy (non-hydrogen) atoms. The summed E-state index contributed by atoms with van der Waals surface area (Å²) in [5, 5.41) is 38.9. The summed E-state index contributed by atoms with van der Waals surface area (Å²) in [6.45, 7) is 0. The third-order valence-electron chi connectivity index (χ3n) is 1.25. The average Bonchev–Trinajstić information content (AvgIpc) is 1.82. The van der Waals surface area contributed by atoms with Gasteiger partial charge < -0.3 is 34.8 Å². The quantitative estimate of drug-likeness (QED) is 0.357. The van der Waals surface area contributed by atoms with E-state index in [9.17, 15) is 29.7 Å². The number of aliphatic hydroxyl groups is 1. The molecule has 0 aliphatic carbocycles. The molecule has 0 aromatic rings.